The first kappa shape index (κ1) is 23.8. The molecule has 1 amide bonds. The molecular weight excluding hydrogens is 438 g/mol. The number of fused-ring (bicyclic) bond motifs is 1. The molecule has 0 spiro atoms. The summed E-state index contributed by atoms with van der Waals surface area (Å²) in [5.41, 5.74) is 0. The van der Waals surface area contributed by atoms with Gasteiger partial charge in [-0.1, -0.05) is 25.3 Å². The van der Waals surface area contributed by atoms with Crippen LogP contribution in [-0.4, -0.2) is 79.1 Å². The molecule has 0 radical (unpaired) electrons. The zero-order chi connectivity index (χ0) is 23.1. The molecule has 2 saturated heterocycles. The maximum absolute atomic E-state index is 13.0. The molecule has 4 atom stereocenters. The fourth-order valence-corrected chi connectivity index (χ4v) is 5.69. The van der Waals surface area contributed by atoms with Crippen molar-refractivity contribution >= 4 is 29.8 Å². The van der Waals surface area contributed by atoms with E-state index in [9.17, 15) is 14.4 Å². The first-order valence-corrected chi connectivity index (χ1v) is 11.2. The molecular formula is C20H27N5O6S. The molecule has 1 aromatic heterocycles. The predicted octanol–water partition coefficient (Wildman–Crippen LogP) is 1.57. The summed E-state index contributed by atoms with van der Waals surface area (Å²) < 4.78 is 16.2. The summed E-state index contributed by atoms with van der Waals surface area (Å²) in [5, 5.41) is 10.8. The molecule has 2 aliphatic rings. The number of esters is 1. The summed E-state index contributed by atoms with van der Waals surface area (Å²) in [6, 6.07) is 0. The highest BCUT2D eigenvalue weighted by Crippen LogP contribution is 2.53. The van der Waals surface area contributed by atoms with Gasteiger partial charge in [-0.15, -0.1) is 16.9 Å². The number of unbranched alkanes of at least 4 members (excludes halogenated alkanes) is 1. The Morgan fingerprint density at radius 2 is 2.06 bits per heavy atom. The van der Waals surface area contributed by atoms with E-state index in [1.165, 1.54) is 30.2 Å². The van der Waals surface area contributed by atoms with Crippen LogP contribution in [0.2, 0.25) is 0 Å². The Labute approximate surface area is 190 Å². The number of amides is 1. The number of ether oxygens (including phenoxy) is 3. The van der Waals surface area contributed by atoms with Gasteiger partial charge in [-0.3, -0.25) is 9.59 Å². The minimum atomic E-state index is -0.887. The van der Waals surface area contributed by atoms with Crippen LogP contribution in [0.25, 0.3) is 0 Å². The van der Waals surface area contributed by atoms with Crippen LogP contribution in [0, 0.1) is 5.92 Å². The molecule has 1 unspecified atom stereocenters. The smallest absolute Gasteiger partial charge is 0.460 e. The number of aryl methyl sites for hydroxylation is 1. The molecule has 0 saturated carbocycles. The fraction of sp³-hybridized carbons (Fsp3) is 0.600. The van der Waals surface area contributed by atoms with Crippen molar-refractivity contribution < 1.29 is 28.6 Å². The average Bonchev–Trinajstić information content (AvgIpc) is 3.40. The zero-order valence-corrected chi connectivity index (χ0v) is 18.7. The molecule has 2 fully saturated rings. The van der Waals surface area contributed by atoms with Gasteiger partial charge in [0.05, 0.1) is 5.37 Å². The lowest BCUT2D eigenvalue weighted by molar-refractivity contribution is -0.157. The Hall–Kier alpha value is -2.89. The van der Waals surface area contributed by atoms with E-state index in [-0.39, 0.29) is 37.0 Å². The van der Waals surface area contributed by atoms with Gasteiger partial charge in [-0.05, 0) is 36.6 Å². The van der Waals surface area contributed by atoms with E-state index in [0.29, 0.717) is 13.0 Å². The van der Waals surface area contributed by atoms with Gasteiger partial charge in [-0.25, -0.2) is 9.48 Å². The molecule has 0 N–H and O–H groups in total. The molecule has 0 aliphatic carbocycles. The van der Waals surface area contributed by atoms with E-state index in [1.54, 1.807) is 16.5 Å². The Morgan fingerprint density at radius 1 is 1.31 bits per heavy atom. The largest absolute Gasteiger partial charge is 0.508 e. The van der Waals surface area contributed by atoms with Crippen LogP contribution >= 0.6 is 11.8 Å². The van der Waals surface area contributed by atoms with E-state index < -0.39 is 22.9 Å². The van der Waals surface area contributed by atoms with Crippen molar-refractivity contribution in [3.05, 3.63) is 31.6 Å². The topological polar surface area (TPSA) is 126 Å². The quantitative estimate of drug-likeness (QED) is 0.194. The first-order chi connectivity index (χ1) is 15.4. The van der Waals surface area contributed by atoms with Gasteiger partial charge in [0.1, 0.15) is 36.3 Å². The van der Waals surface area contributed by atoms with Crippen molar-refractivity contribution in [2.45, 2.75) is 49.0 Å². The highest BCUT2D eigenvalue weighted by atomic mass is 32.2. The second-order valence-corrected chi connectivity index (χ2v) is 9.08. The molecule has 0 aromatic carbocycles. The third kappa shape index (κ3) is 5.12. The van der Waals surface area contributed by atoms with Crippen LogP contribution in [0.15, 0.2) is 31.6 Å². The SMILES string of the molecule is C=CCOC(=O)O[C@H](C)[C@H]1C(=O)N2CC(CCCCn3cnnn3)(C(=O)OCC=C)S[C@H]12. The molecule has 11 nitrogen and oxygen atoms in total. The number of tetrazole rings is 1. The van der Waals surface area contributed by atoms with E-state index in [4.69, 9.17) is 14.2 Å². The van der Waals surface area contributed by atoms with E-state index in [2.05, 4.69) is 28.7 Å². The number of carbonyl (C=O) groups is 3. The third-order valence-corrected chi connectivity index (χ3v) is 7.12. The summed E-state index contributed by atoms with van der Waals surface area (Å²) in [6.45, 7) is 9.72. The van der Waals surface area contributed by atoms with Gasteiger partial charge in [0.2, 0.25) is 5.91 Å². The van der Waals surface area contributed by atoms with E-state index in [0.717, 1.165) is 12.8 Å². The molecule has 3 rings (SSSR count). The summed E-state index contributed by atoms with van der Waals surface area (Å²) >= 11 is 1.40. The lowest BCUT2D eigenvalue weighted by Gasteiger charge is -2.43. The van der Waals surface area contributed by atoms with Crippen LogP contribution in [0.4, 0.5) is 4.79 Å². The summed E-state index contributed by atoms with van der Waals surface area (Å²) in [7, 11) is 0. The fourth-order valence-electron chi connectivity index (χ4n) is 3.80. The van der Waals surface area contributed by atoms with Crippen LogP contribution in [0.5, 0.6) is 0 Å². The van der Waals surface area contributed by atoms with Crippen molar-refractivity contribution in [3.8, 4) is 0 Å². The molecule has 32 heavy (non-hydrogen) atoms. The van der Waals surface area contributed by atoms with Crippen LogP contribution < -0.4 is 0 Å². The Bertz CT molecular complexity index is 850. The van der Waals surface area contributed by atoms with Crippen LogP contribution in [0.1, 0.15) is 26.2 Å². The Kier molecular flexibility index (Phi) is 7.89. The zero-order valence-electron chi connectivity index (χ0n) is 17.9. The number of carbonyl (C=O) groups excluding carboxylic acids is 3. The molecule has 1 aromatic rings. The van der Waals surface area contributed by atoms with Gasteiger partial charge < -0.3 is 19.1 Å². The normalized spacial score (nSPS) is 24.8. The number of hydrogen-bond donors (Lipinski definition) is 0. The number of thioether (sulfide) groups is 1. The summed E-state index contributed by atoms with van der Waals surface area (Å²) in [4.78, 5) is 39.1. The number of aromatic nitrogens is 4. The van der Waals surface area contributed by atoms with Crippen molar-refractivity contribution in [2.75, 3.05) is 19.8 Å². The highest BCUT2D eigenvalue weighted by Gasteiger charge is 2.63. The number of nitrogens with zero attached hydrogens (tertiary/aromatic N) is 5. The lowest BCUT2D eigenvalue weighted by atomic mass is 9.90. The second kappa shape index (κ2) is 10.6. The highest BCUT2D eigenvalue weighted by molar-refractivity contribution is 8.02. The monoisotopic (exact) mass is 465 g/mol. The molecule has 3 heterocycles. The maximum Gasteiger partial charge on any atom is 0.508 e. The van der Waals surface area contributed by atoms with Gasteiger partial charge in [0, 0.05) is 13.1 Å². The van der Waals surface area contributed by atoms with Crippen molar-refractivity contribution in [3.63, 3.8) is 0 Å². The third-order valence-electron chi connectivity index (χ3n) is 5.38. The van der Waals surface area contributed by atoms with Gasteiger partial charge in [0.15, 0.2) is 0 Å². The molecule has 0 bridgehead atoms. The summed E-state index contributed by atoms with van der Waals surface area (Å²) in [6.07, 6.45) is 4.94. The van der Waals surface area contributed by atoms with Crippen LogP contribution in [-0.2, 0) is 30.3 Å². The first-order valence-electron chi connectivity index (χ1n) is 10.3. The van der Waals surface area contributed by atoms with Gasteiger partial charge in [0.25, 0.3) is 0 Å². The van der Waals surface area contributed by atoms with Gasteiger partial charge in [-0.2, -0.15) is 0 Å². The number of β-lactam (4-membered cyclic amide) rings is 1. The average molecular weight is 466 g/mol. The summed E-state index contributed by atoms with van der Waals surface area (Å²) in [5.74, 6) is -1.07. The van der Waals surface area contributed by atoms with E-state index in [1.807, 2.05) is 0 Å². The van der Waals surface area contributed by atoms with Crippen LogP contribution in [0.3, 0.4) is 0 Å². The van der Waals surface area contributed by atoms with Crippen molar-refractivity contribution in [2.24, 2.45) is 5.92 Å². The second-order valence-electron chi connectivity index (χ2n) is 7.58. The predicted molar refractivity (Wildman–Crippen MR) is 114 cm³/mol. The van der Waals surface area contributed by atoms with Crippen molar-refractivity contribution in [1.82, 2.24) is 25.1 Å². The standard InChI is InChI=1S/C20H27N5O6S/c1-4-10-29-18(27)20(8-6-7-9-24-13-21-22-23-24)12-25-16(26)15(17(25)32-20)14(3)31-19(28)30-11-5-2/h4-5,13-15,17H,1-2,6-12H2,3H3/t14-,15+,17-,20?/m1/s1. The minimum Gasteiger partial charge on any atom is -0.460 e. The van der Waals surface area contributed by atoms with E-state index >= 15 is 0 Å². The molecule has 174 valence electrons. The Morgan fingerprint density at radius 3 is 2.75 bits per heavy atom. The van der Waals surface area contributed by atoms with Crippen molar-refractivity contribution in [1.29, 1.82) is 0 Å². The molecule has 12 heteroatoms. The Balaban J connectivity index is 1.63. The minimum absolute atomic E-state index is 0.0252. The maximum atomic E-state index is 13.0. The molecule has 2 aliphatic heterocycles. The lowest BCUT2D eigenvalue weighted by Crippen LogP contribution is -2.61. The number of rotatable bonds is 12. The number of hydrogen-bond acceptors (Lipinski definition) is 10. The van der Waals surface area contributed by atoms with Gasteiger partial charge >= 0.3 is 12.1 Å².